The molecule has 0 rings (SSSR count). The van der Waals surface area contributed by atoms with Crippen LogP contribution in [0.2, 0.25) is 0 Å². The van der Waals surface area contributed by atoms with E-state index in [1.165, 1.54) is 0 Å². The Balaban J connectivity index is 4.24. The average Bonchev–Trinajstić information content (AvgIpc) is 1.98. The smallest absolute Gasteiger partial charge is 0.318 e. The predicted molar refractivity (Wildman–Crippen MR) is 35.4 cm³/mol. The molecular weight excluding hydrogens is 168 g/mol. The van der Waals surface area contributed by atoms with Gasteiger partial charge in [-0.05, 0) is 0 Å². The van der Waals surface area contributed by atoms with Crippen molar-refractivity contribution in [3.63, 3.8) is 0 Å². The van der Waals surface area contributed by atoms with Gasteiger partial charge in [0.1, 0.15) is 0 Å². The molecular formula is C6H8O6. The Hall–Kier alpha value is -1.59. The molecule has 0 fully saturated rings. The highest BCUT2D eigenvalue weighted by Crippen LogP contribution is 2.04. The Morgan fingerprint density at radius 1 is 1.25 bits per heavy atom. The van der Waals surface area contributed by atoms with E-state index in [0.717, 1.165) is 7.11 Å². The van der Waals surface area contributed by atoms with Crippen molar-refractivity contribution in [1.29, 1.82) is 0 Å². The van der Waals surface area contributed by atoms with Crippen molar-refractivity contribution in [2.45, 2.75) is 6.42 Å². The van der Waals surface area contributed by atoms with Crippen LogP contribution in [0.15, 0.2) is 0 Å². The lowest BCUT2D eigenvalue weighted by atomic mass is 10.1. The second kappa shape index (κ2) is 4.32. The van der Waals surface area contributed by atoms with Crippen molar-refractivity contribution >= 4 is 17.9 Å². The van der Waals surface area contributed by atoms with Gasteiger partial charge < -0.3 is 14.9 Å². The predicted octanol–water partition coefficient (Wildman–Crippen LogP) is -0.665. The molecule has 0 unspecified atom stereocenters. The minimum atomic E-state index is -1.72. The summed E-state index contributed by atoms with van der Waals surface area (Å²) in [7, 11) is 1.06. The number of carboxylic acid groups (broad SMARTS) is 2. The maximum Gasteiger partial charge on any atom is 0.318 e. The topological polar surface area (TPSA) is 101 Å². The van der Waals surface area contributed by atoms with Crippen molar-refractivity contribution < 1.29 is 29.3 Å². The molecule has 0 aromatic heterocycles. The van der Waals surface area contributed by atoms with Crippen LogP contribution >= 0.6 is 0 Å². The number of carbonyl (C=O) groups is 3. The van der Waals surface area contributed by atoms with Gasteiger partial charge in [-0.15, -0.1) is 0 Å². The number of carboxylic acids is 2. The van der Waals surface area contributed by atoms with Crippen LogP contribution in [0, 0.1) is 5.92 Å². The van der Waals surface area contributed by atoms with Crippen LogP contribution in [0.1, 0.15) is 6.42 Å². The third-order valence-electron chi connectivity index (χ3n) is 1.19. The molecule has 0 atom stereocenters. The molecule has 0 bridgehead atoms. The van der Waals surface area contributed by atoms with E-state index in [9.17, 15) is 14.4 Å². The maximum atomic E-state index is 10.5. The summed E-state index contributed by atoms with van der Waals surface area (Å²) in [5.41, 5.74) is 0. The number of esters is 1. The minimum Gasteiger partial charge on any atom is -0.481 e. The molecule has 0 aromatic rings. The molecule has 6 heteroatoms. The van der Waals surface area contributed by atoms with E-state index in [2.05, 4.69) is 4.74 Å². The summed E-state index contributed by atoms with van der Waals surface area (Å²) in [5.74, 6) is -5.68. The Morgan fingerprint density at radius 3 is 1.92 bits per heavy atom. The largest absolute Gasteiger partial charge is 0.481 e. The molecule has 0 radical (unpaired) electrons. The van der Waals surface area contributed by atoms with E-state index in [-0.39, 0.29) is 0 Å². The van der Waals surface area contributed by atoms with Gasteiger partial charge in [0.05, 0.1) is 13.5 Å². The van der Waals surface area contributed by atoms with Crippen molar-refractivity contribution in [1.82, 2.24) is 0 Å². The summed E-state index contributed by atoms with van der Waals surface area (Å²) in [4.78, 5) is 30.9. The summed E-state index contributed by atoms with van der Waals surface area (Å²) in [5, 5.41) is 16.6. The number of rotatable bonds is 4. The van der Waals surface area contributed by atoms with E-state index < -0.39 is 30.2 Å². The van der Waals surface area contributed by atoms with Crippen LogP contribution < -0.4 is 0 Å². The SMILES string of the molecule is COC(=O)CC(C(=O)O)C(=O)O. The molecule has 2 N–H and O–H groups in total. The molecule has 0 aliphatic carbocycles. The fourth-order valence-corrected chi connectivity index (χ4v) is 0.530. The van der Waals surface area contributed by atoms with Gasteiger partial charge in [-0.3, -0.25) is 14.4 Å². The first kappa shape index (κ1) is 10.4. The first-order chi connectivity index (χ1) is 5.49. The summed E-state index contributed by atoms with van der Waals surface area (Å²) >= 11 is 0. The number of ether oxygens (including phenoxy) is 1. The lowest BCUT2D eigenvalue weighted by Crippen LogP contribution is -2.26. The molecule has 0 amide bonds. The molecule has 0 saturated heterocycles. The highest BCUT2D eigenvalue weighted by molar-refractivity contribution is 5.96. The molecule has 68 valence electrons. The van der Waals surface area contributed by atoms with Gasteiger partial charge >= 0.3 is 17.9 Å². The second-order valence-electron chi connectivity index (χ2n) is 2.01. The monoisotopic (exact) mass is 176 g/mol. The Morgan fingerprint density at radius 2 is 1.67 bits per heavy atom. The van der Waals surface area contributed by atoms with Gasteiger partial charge in [0.25, 0.3) is 0 Å². The number of hydrogen-bond acceptors (Lipinski definition) is 4. The average molecular weight is 176 g/mol. The Bertz CT molecular complexity index is 194. The summed E-state index contributed by atoms with van der Waals surface area (Å²) in [6, 6.07) is 0. The molecule has 0 heterocycles. The van der Waals surface area contributed by atoms with Crippen molar-refractivity contribution in [3.05, 3.63) is 0 Å². The fourth-order valence-electron chi connectivity index (χ4n) is 0.530. The van der Waals surface area contributed by atoms with Crippen LogP contribution in [0.5, 0.6) is 0 Å². The summed E-state index contributed by atoms with van der Waals surface area (Å²) < 4.78 is 4.12. The van der Waals surface area contributed by atoms with Crippen LogP contribution in [0.3, 0.4) is 0 Å². The molecule has 12 heavy (non-hydrogen) atoms. The molecule has 0 aliphatic heterocycles. The van der Waals surface area contributed by atoms with E-state index in [4.69, 9.17) is 10.2 Å². The van der Waals surface area contributed by atoms with E-state index in [1.807, 2.05) is 0 Å². The lowest BCUT2D eigenvalue weighted by molar-refractivity contribution is -0.159. The maximum absolute atomic E-state index is 10.5. The highest BCUT2D eigenvalue weighted by Gasteiger charge is 2.28. The van der Waals surface area contributed by atoms with E-state index >= 15 is 0 Å². The van der Waals surface area contributed by atoms with Gasteiger partial charge in [-0.1, -0.05) is 0 Å². The van der Waals surface area contributed by atoms with E-state index in [0.29, 0.717) is 0 Å². The normalized spacial score (nSPS) is 9.50. The van der Waals surface area contributed by atoms with Gasteiger partial charge in [0, 0.05) is 0 Å². The summed E-state index contributed by atoms with van der Waals surface area (Å²) in [6.07, 6.45) is -0.652. The zero-order valence-corrected chi connectivity index (χ0v) is 6.31. The Kier molecular flexibility index (Phi) is 3.75. The third-order valence-corrected chi connectivity index (χ3v) is 1.19. The first-order valence-corrected chi connectivity index (χ1v) is 3.01. The van der Waals surface area contributed by atoms with Gasteiger partial charge in [0.2, 0.25) is 0 Å². The number of methoxy groups -OCH3 is 1. The van der Waals surface area contributed by atoms with Crippen molar-refractivity contribution in [3.8, 4) is 0 Å². The lowest BCUT2D eigenvalue weighted by Gasteiger charge is -2.04. The minimum absolute atomic E-state index is 0.652. The fraction of sp³-hybridized carbons (Fsp3) is 0.500. The zero-order valence-electron chi connectivity index (χ0n) is 6.31. The zero-order chi connectivity index (χ0) is 9.72. The van der Waals surface area contributed by atoms with Crippen LogP contribution in [0.4, 0.5) is 0 Å². The second-order valence-corrected chi connectivity index (χ2v) is 2.01. The quantitative estimate of drug-likeness (QED) is 0.435. The van der Waals surface area contributed by atoms with Gasteiger partial charge in [0.15, 0.2) is 5.92 Å². The first-order valence-electron chi connectivity index (χ1n) is 3.01. The van der Waals surface area contributed by atoms with Crippen LogP contribution in [-0.2, 0) is 19.1 Å². The van der Waals surface area contributed by atoms with Crippen molar-refractivity contribution in [2.75, 3.05) is 7.11 Å². The number of carbonyl (C=O) groups excluding carboxylic acids is 1. The van der Waals surface area contributed by atoms with Crippen molar-refractivity contribution in [2.24, 2.45) is 5.92 Å². The van der Waals surface area contributed by atoms with Gasteiger partial charge in [-0.25, -0.2) is 0 Å². The number of hydrogen-bond donors (Lipinski definition) is 2. The number of aliphatic carboxylic acids is 2. The molecule has 0 aliphatic rings. The molecule has 6 nitrogen and oxygen atoms in total. The van der Waals surface area contributed by atoms with E-state index in [1.54, 1.807) is 0 Å². The highest BCUT2D eigenvalue weighted by atomic mass is 16.5. The Labute approximate surface area is 67.8 Å². The standard InChI is InChI=1S/C6H8O6/c1-12-4(7)2-3(5(8)9)6(10)11/h3H,2H2,1H3,(H,8,9)(H,10,11). The summed E-state index contributed by atoms with van der Waals surface area (Å²) in [6.45, 7) is 0. The van der Waals surface area contributed by atoms with Crippen LogP contribution in [0.25, 0.3) is 0 Å². The van der Waals surface area contributed by atoms with Crippen LogP contribution in [-0.4, -0.2) is 35.2 Å². The van der Waals surface area contributed by atoms with Gasteiger partial charge in [-0.2, -0.15) is 0 Å². The molecule has 0 spiro atoms. The molecule has 0 saturated carbocycles. The third kappa shape index (κ3) is 3.00. The molecule has 0 aromatic carbocycles.